The van der Waals surface area contributed by atoms with Gasteiger partial charge in [0.15, 0.2) is 12.6 Å². The summed E-state index contributed by atoms with van der Waals surface area (Å²) in [5.74, 6) is -4.89. The number of non-ortho nitro benzene ring substituents is 1. The number of carbonyl (C=O) groups excluding carboxylic acids is 3. The predicted molar refractivity (Wildman–Crippen MR) is 248 cm³/mol. The minimum Gasteiger partial charge on any atom is -0.459 e. The van der Waals surface area contributed by atoms with Crippen molar-refractivity contribution in [2.45, 2.75) is 186 Å². The van der Waals surface area contributed by atoms with Crippen molar-refractivity contribution < 1.29 is 72.9 Å². The van der Waals surface area contributed by atoms with E-state index in [4.69, 9.17) is 33.2 Å². The average molecular weight is 969 g/mol. The molecule has 0 saturated carbocycles. The van der Waals surface area contributed by atoms with E-state index in [-0.39, 0.29) is 37.3 Å². The van der Waals surface area contributed by atoms with Crippen LogP contribution in [0.3, 0.4) is 0 Å². The lowest BCUT2D eigenvalue weighted by Crippen LogP contribution is -2.62. The summed E-state index contributed by atoms with van der Waals surface area (Å²) < 4.78 is 44.4. The molecule has 0 unspecified atom stereocenters. The van der Waals surface area contributed by atoms with Gasteiger partial charge >= 0.3 is 12.0 Å². The van der Waals surface area contributed by atoms with Crippen molar-refractivity contribution in [3.05, 3.63) is 39.9 Å². The van der Waals surface area contributed by atoms with Crippen LogP contribution in [0.4, 0.5) is 10.5 Å². The molecule has 18 atom stereocenters. The molecule has 3 fully saturated rings. The number of urea groups is 1. The highest BCUT2D eigenvalue weighted by Gasteiger charge is 2.54. The van der Waals surface area contributed by atoms with Crippen molar-refractivity contribution in [1.29, 1.82) is 0 Å². The Bertz CT molecular complexity index is 1830. The maximum Gasteiger partial charge on any atom is 0.314 e. The van der Waals surface area contributed by atoms with Gasteiger partial charge in [0.1, 0.15) is 29.7 Å². The average Bonchev–Trinajstić information content (AvgIpc) is 3.29. The van der Waals surface area contributed by atoms with E-state index in [0.717, 1.165) is 5.56 Å². The topological polar surface area (TPSA) is 267 Å². The van der Waals surface area contributed by atoms with E-state index in [1.807, 2.05) is 18.9 Å². The van der Waals surface area contributed by atoms with Gasteiger partial charge in [0.2, 0.25) is 0 Å². The van der Waals surface area contributed by atoms with Crippen LogP contribution in [-0.4, -0.2) is 173 Å². The molecular weight excluding hydrogens is 889 g/mol. The first-order valence-corrected chi connectivity index (χ1v) is 23.9. The molecule has 0 spiro atoms. The number of aliphatic hydroxyl groups is 4. The smallest absolute Gasteiger partial charge is 0.314 e. The lowest BCUT2D eigenvalue weighted by Gasteiger charge is -2.50. The first kappa shape index (κ1) is 57.2. The molecule has 3 saturated heterocycles. The molecule has 388 valence electrons. The fourth-order valence-electron chi connectivity index (χ4n) is 10.2. The Kier molecular flexibility index (Phi) is 20.3. The zero-order chi connectivity index (χ0) is 51.1. The number of nitrogens with zero attached hydrogens (tertiary/aromatic N) is 2. The van der Waals surface area contributed by atoms with Crippen LogP contribution in [0, 0.1) is 33.8 Å². The number of methoxy groups -OCH3 is 2. The number of esters is 1. The van der Waals surface area contributed by atoms with Gasteiger partial charge in [-0.2, -0.15) is 0 Å². The number of aliphatic hydroxyl groups excluding tert-OH is 3. The molecule has 0 bridgehead atoms. The molecule has 1 aromatic rings. The molecular formula is C48H80N4O16. The quantitative estimate of drug-likeness (QED) is 0.0837. The van der Waals surface area contributed by atoms with Crippen molar-refractivity contribution in [1.82, 2.24) is 15.5 Å². The summed E-state index contributed by atoms with van der Waals surface area (Å²) in [5, 5.41) is 63.1. The van der Waals surface area contributed by atoms with Crippen LogP contribution < -0.4 is 10.6 Å². The number of nitro groups is 1. The Morgan fingerprint density at radius 1 is 0.897 bits per heavy atom. The Morgan fingerprint density at radius 2 is 1.51 bits per heavy atom. The van der Waals surface area contributed by atoms with Gasteiger partial charge in [-0.3, -0.25) is 24.6 Å². The van der Waals surface area contributed by atoms with Crippen LogP contribution >= 0.6 is 0 Å². The van der Waals surface area contributed by atoms with E-state index in [9.17, 15) is 44.9 Å². The van der Waals surface area contributed by atoms with E-state index >= 15 is 0 Å². The number of Topliss-reactive ketones (excluding diaryl/α,β-unsaturated/α-hetero) is 1. The number of nitro benzene ring substituents is 1. The number of likely N-dealkylation sites (N-methyl/N-ethyl adjacent to an activating group) is 1. The highest BCUT2D eigenvalue weighted by Crippen LogP contribution is 2.42. The summed E-state index contributed by atoms with van der Waals surface area (Å²) in [4.78, 5) is 53.7. The largest absolute Gasteiger partial charge is 0.459 e. The van der Waals surface area contributed by atoms with Crippen LogP contribution in [0.5, 0.6) is 0 Å². The number of rotatable bonds is 15. The van der Waals surface area contributed by atoms with E-state index in [0.29, 0.717) is 25.9 Å². The molecule has 3 heterocycles. The lowest BCUT2D eigenvalue weighted by atomic mass is 9.74. The van der Waals surface area contributed by atoms with Gasteiger partial charge < -0.3 is 64.2 Å². The van der Waals surface area contributed by atoms with Crippen LogP contribution in [0.25, 0.3) is 0 Å². The molecule has 4 rings (SSSR count). The Balaban J connectivity index is 1.64. The molecule has 20 nitrogen and oxygen atoms in total. The van der Waals surface area contributed by atoms with Crippen molar-refractivity contribution in [2.24, 2.45) is 23.7 Å². The first-order chi connectivity index (χ1) is 31.7. The van der Waals surface area contributed by atoms with E-state index in [1.54, 1.807) is 60.6 Å². The zero-order valence-electron chi connectivity index (χ0n) is 42.2. The van der Waals surface area contributed by atoms with Crippen molar-refractivity contribution >= 4 is 23.5 Å². The number of ketones is 1. The van der Waals surface area contributed by atoms with E-state index in [2.05, 4.69) is 10.6 Å². The van der Waals surface area contributed by atoms with E-state index < -0.39 is 125 Å². The molecule has 0 aromatic heterocycles. The van der Waals surface area contributed by atoms with Gasteiger partial charge in [0.05, 0.1) is 52.6 Å². The summed E-state index contributed by atoms with van der Waals surface area (Å²) in [7, 11) is 4.77. The third-order valence-electron chi connectivity index (χ3n) is 14.8. The fourth-order valence-corrected chi connectivity index (χ4v) is 10.2. The third-order valence-corrected chi connectivity index (χ3v) is 14.8. The van der Waals surface area contributed by atoms with Gasteiger partial charge in [0.25, 0.3) is 5.69 Å². The van der Waals surface area contributed by atoms with Crippen LogP contribution in [0.2, 0.25) is 0 Å². The molecule has 3 aliphatic heterocycles. The monoisotopic (exact) mass is 969 g/mol. The molecule has 2 amide bonds. The van der Waals surface area contributed by atoms with Gasteiger partial charge in [-0.25, -0.2) is 4.79 Å². The number of ether oxygens (including phenoxy) is 7. The van der Waals surface area contributed by atoms with Crippen LogP contribution in [0.15, 0.2) is 24.3 Å². The highest BCUT2D eigenvalue weighted by atomic mass is 16.7. The molecule has 0 aliphatic carbocycles. The minimum atomic E-state index is -2.02. The first-order valence-electron chi connectivity index (χ1n) is 23.9. The highest BCUT2D eigenvalue weighted by molar-refractivity contribution is 5.83. The number of nitrogens with one attached hydrogen (secondary N) is 2. The second-order valence-corrected chi connectivity index (χ2v) is 20.0. The second-order valence-electron chi connectivity index (χ2n) is 20.0. The number of cyclic esters (lactones) is 1. The molecule has 1 aromatic carbocycles. The number of benzene rings is 1. The number of carbonyl (C=O) groups is 3. The van der Waals surface area contributed by atoms with Crippen LogP contribution in [0.1, 0.15) is 100 Å². The maximum atomic E-state index is 14.4. The number of hydrogen-bond acceptors (Lipinski definition) is 17. The van der Waals surface area contributed by atoms with Crippen LogP contribution in [-0.2, 0) is 49.2 Å². The molecule has 3 aliphatic rings. The van der Waals surface area contributed by atoms with Gasteiger partial charge in [0, 0.05) is 76.2 Å². The number of hydrogen-bond donors (Lipinski definition) is 6. The Labute approximate surface area is 401 Å². The van der Waals surface area contributed by atoms with Gasteiger partial charge in [-0.15, -0.1) is 0 Å². The van der Waals surface area contributed by atoms with Crippen molar-refractivity contribution in [2.75, 3.05) is 40.9 Å². The fraction of sp³-hybridized carbons (Fsp3) is 0.812. The summed E-state index contributed by atoms with van der Waals surface area (Å²) >= 11 is 0. The molecule has 6 N–H and O–H groups in total. The zero-order valence-corrected chi connectivity index (χ0v) is 42.2. The predicted octanol–water partition coefficient (Wildman–Crippen LogP) is 3.26. The number of amides is 2. The Morgan fingerprint density at radius 3 is 2.10 bits per heavy atom. The normalized spacial score (nSPS) is 40.0. The molecule has 0 radical (unpaired) electrons. The van der Waals surface area contributed by atoms with E-state index in [1.165, 1.54) is 40.2 Å². The Hall–Kier alpha value is -3.41. The standard InChI is InChI=1S/C48H80N4O16/c1-14-35-48(10,59)40(55)28(4)37(53)26(2)24-47(9,63-13)42(29(5)39(30(6)43(57)66-35)67-36-25-46(8,62-12)41(56)31(7)65-36)68-44-38(54)34(23-27(3)64-44)51(11)22-21-50-45(58)49-20-19-32-15-17-33(18-16-32)52(60)61/h15-18,26-31,34-36,38-42,44,54-56,59H,14,19-25H2,1-13H3,(H2,49,50,58)/t26-,27-,28+,29+,30-,31+,34+,35-,36+,38-,39+,40-,41+,42-,44-,46-,47-,48-/m1/s1. The summed E-state index contributed by atoms with van der Waals surface area (Å²) in [6.45, 7) is 17.6. The lowest BCUT2D eigenvalue weighted by molar-refractivity contribution is -0.384. The summed E-state index contributed by atoms with van der Waals surface area (Å²) in [5.41, 5.74) is -3.64. The third kappa shape index (κ3) is 13.5. The van der Waals surface area contributed by atoms with Crippen molar-refractivity contribution in [3.63, 3.8) is 0 Å². The van der Waals surface area contributed by atoms with Gasteiger partial charge in [-0.1, -0.05) is 39.8 Å². The molecule has 20 heteroatoms. The SMILES string of the molecule is CC[C@H]1OC(=O)[C@H](C)[C@@H](O[C@H]2C[C@@](C)(OC)[C@@H](O)[C@H](C)O2)[C@H](C)[C@@H](O[C@H]2O[C@H](C)C[C@H](N(C)CCNC(=O)NCCc3ccc([N+](=O)[O-])cc3)[C@H]2O)[C@](C)(OC)C[C@@H](C)C(=O)[C@H](C)[C@@H](O)[C@]1(C)O. The summed E-state index contributed by atoms with van der Waals surface area (Å²) in [6.07, 6.45) is -9.60. The summed E-state index contributed by atoms with van der Waals surface area (Å²) in [6, 6.07) is 5.21. The maximum absolute atomic E-state index is 14.4. The van der Waals surface area contributed by atoms with Gasteiger partial charge in [-0.05, 0) is 79.8 Å². The van der Waals surface area contributed by atoms with Crippen molar-refractivity contribution in [3.8, 4) is 0 Å². The second kappa shape index (κ2) is 24.1. The molecule has 68 heavy (non-hydrogen) atoms. The minimum absolute atomic E-state index is 0.0119.